The standard InChI is InChI=1S/C11H17NO3/c13-9-4-6-12(7-5-9)11(14)10-3-1-2-8-15-10/h10H,1-8H2. The van der Waals surface area contributed by atoms with Gasteiger partial charge in [-0.2, -0.15) is 0 Å². The fourth-order valence-corrected chi connectivity index (χ4v) is 2.12. The first kappa shape index (κ1) is 10.6. The highest BCUT2D eigenvalue weighted by atomic mass is 16.5. The highest BCUT2D eigenvalue weighted by molar-refractivity contribution is 5.85. The lowest BCUT2D eigenvalue weighted by molar-refractivity contribution is -0.148. The van der Waals surface area contributed by atoms with E-state index in [-0.39, 0.29) is 17.8 Å². The van der Waals surface area contributed by atoms with E-state index in [1.54, 1.807) is 4.90 Å². The van der Waals surface area contributed by atoms with Crippen molar-refractivity contribution in [2.45, 2.75) is 38.2 Å². The van der Waals surface area contributed by atoms with E-state index in [2.05, 4.69) is 0 Å². The van der Waals surface area contributed by atoms with Gasteiger partial charge in [-0.15, -0.1) is 0 Å². The Morgan fingerprint density at radius 2 is 2.00 bits per heavy atom. The van der Waals surface area contributed by atoms with Crippen LogP contribution >= 0.6 is 0 Å². The van der Waals surface area contributed by atoms with Gasteiger partial charge in [-0.05, 0) is 19.3 Å². The van der Waals surface area contributed by atoms with Crippen molar-refractivity contribution < 1.29 is 14.3 Å². The Morgan fingerprint density at radius 1 is 1.27 bits per heavy atom. The highest BCUT2D eigenvalue weighted by Gasteiger charge is 2.28. The molecule has 0 aromatic carbocycles. The number of carbonyl (C=O) groups is 2. The summed E-state index contributed by atoms with van der Waals surface area (Å²) in [6.07, 6.45) is 3.75. The topological polar surface area (TPSA) is 46.6 Å². The lowest BCUT2D eigenvalue weighted by Gasteiger charge is -2.31. The van der Waals surface area contributed by atoms with Gasteiger partial charge < -0.3 is 9.64 Å². The molecule has 0 saturated carbocycles. The third-order valence-corrected chi connectivity index (χ3v) is 3.09. The number of hydrogen-bond acceptors (Lipinski definition) is 3. The fraction of sp³-hybridized carbons (Fsp3) is 0.818. The number of amides is 1. The number of ketones is 1. The average molecular weight is 211 g/mol. The molecule has 1 unspecified atom stereocenters. The van der Waals surface area contributed by atoms with Crippen LogP contribution in [0.1, 0.15) is 32.1 Å². The van der Waals surface area contributed by atoms with E-state index < -0.39 is 0 Å². The van der Waals surface area contributed by atoms with E-state index >= 15 is 0 Å². The number of likely N-dealkylation sites (tertiary alicyclic amines) is 1. The Labute approximate surface area is 89.6 Å². The lowest BCUT2D eigenvalue weighted by Crippen LogP contribution is -2.45. The third-order valence-electron chi connectivity index (χ3n) is 3.09. The molecule has 2 rings (SSSR count). The molecule has 0 aliphatic carbocycles. The smallest absolute Gasteiger partial charge is 0.251 e. The molecule has 0 bridgehead atoms. The van der Waals surface area contributed by atoms with Gasteiger partial charge in [0.25, 0.3) is 5.91 Å². The molecule has 84 valence electrons. The summed E-state index contributed by atoms with van der Waals surface area (Å²) in [6.45, 7) is 1.86. The van der Waals surface area contributed by atoms with Gasteiger partial charge in [-0.25, -0.2) is 0 Å². The van der Waals surface area contributed by atoms with Crippen LogP contribution in [0.3, 0.4) is 0 Å². The first-order valence-corrected chi connectivity index (χ1v) is 5.69. The van der Waals surface area contributed by atoms with Crippen molar-refractivity contribution in [3.63, 3.8) is 0 Å². The molecule has 2 fully saturated rings. The number of Topliss-reactive ketones (excluding diaryl/α,β-unsaturated/α-hetero) is 1. The predicted molar refractivity (Wildman–Crippen MR) is 54.4 cm³/mol. The molecule has 2 aliphatic rings. The molecular formula is C11H17NO3. The van der Waals surface area contributed by atoms with E-state index in [1.807, 2.05) is 0 Å². The van der Waals surface area contributed by atoms with Crippen LogP contribution in [0.25, 0.3) is 0 Å². The van der Waals surface area contributed by atoms with E-state index in [0.717, 1.165) is 19.3 Å². The minimum absolute atomic E-state index is 0.0854. The second kappa shape index (κ2) is 4.75. The van der Waals surface area contributed by atoms with Crippen molar-refractivity contribution in [2.75, 3.05) is 19.7 Å². The summed E-state index contributed by atoms with van der Waals surface area (Å²) in [4.78, 5) is 24.8. The van der Waals surface area contributed by atoms with Gasteiger partial charge in [0.2, 0.25) is 0 Å². The number of piperidine rings is 1. The predicted octanol–water partition coefficient (Wildman–Crippen LogP) is 0.747. The monoisotopic (exact) mass is 211 g/mol. The van der Waals surface area contributed by atoms with E-state index in [4.69, 9.17) is 4.74 Å². The second-order valence-corrected chi connectivity index (χ2v) is 4.22. The summed E-state index contributed by atoms with van der Waals surface area (Å²) in [5, 5.41) is 0. The maximum atomic E-state index is 11.9. The van der Waals surface area contributed by atoms with Crippen molar-refractivity contribution >= 4 is 11.7 Å². The van der Waals surface area contributed by atoms with Crippen molar-refractivity contribution in [3.05, 3.63) is 0 Å². The Bertz CT molecular complexity index is 249. The molecule has 2 saturated heterocycles. The molecule has 4 heteroatoms. The van der Waals surface area contributed by atoms with Crippen LogP contribution in [-0.2, 0) is 14.3 Å². The number of carbonyl (C=O) groups excluding carboxylic acids is 2. The summed E-state index contributed by atoms with van der Waals surface area (Å²) in [6, 6.07) is 0. The van der Waals surface area contributed by atoms with Crippen molar-refractivity contribution in [2.24, 2.45) is 0 Å². The summed E-state index contributed by atoms with van der Waals surface area (Å²) in [7, 11) is 0. The molecule has 0 spiro atoms. The number of rotatable bonds is 1. The second-order valence-electron chi connectivity index (χ2n) is 4.22. The van der Waals surface area contributed by atoms with E-state index in [9.17, 15) is 9.59 Å². The molecule has 4 nitrogen and oxygen atoms in total. The molecule has 2 aliphatic heterocycles. The van der Waals surface area contributed by atoms with E-state index in [0.29, 0.717) is 32.5 Å². The average Bonchev–Trinajstić information content (AvgIpc) is 2.30. The highest BCUT2D eigenvalue weighted by Crippen LogP contribution is 2.17. The Balaban J connectivity index is 1.86. The molecule has 0 N–H and O–H groups in total. The fourth-order valence-electron chi connectivity index (χ4n) is 2.12. The van der Waals surface area contributed by atoms with Crippen molar-refractivity contribution in [3.8, 4) is 0 Å². The minimum atomic E-state index is -0.244. The summed E-state index contributed by atoms with van der Waals surface area (Å²) >= 11 is 0. The van der Waals surface area contributed by atoms with Gasteiger partial charge in [0.05, 0.1) is 0 Å². The van der Waals surface area contributed by atoms with Crippen LogP contribution in [0.5, 0.6) is 0 Å². The molecule has 0 radical (unpaired) electrons. The first-order valence-electron chi connectivity index (χ1n) is 5.69. The largest absolute Gasteiger partial charge is 0.368 e. The number of ether oxygens (including phenoxy) is 1. The first-order chi connectivity index (χ1) is 7.27. The van der Waals surface area contributed by atoms with Gasteiger partial charge in [-0.1, -0.05) is 0 Å². The zero-order valence-corrected chi connectivity index (χ0v) is 8.91. The van der Waals surface area contributed by atoms with Crippen LogP contribution in [0, 0.1) is 0 Å². The molecule has 1 amide bonds. The molecule has 0 aromatic heterocycles. The van der Waals surface area contributed by atoms with Crippen LogP contribution in [0.4, 0.5) is 0 Å². The van der Waals surface area contributed by atoms with E-state index in [1.165, 1.54) is 0 Å². The quantitative estimate of drug-likeness (QED) is 0.643. The van der Waals surface area contributed by atoms with Crippen LogP contribution in [0.2, 0.25) is 0 Å². The molecule has 0 aromatic rings. The van der Waals surface area contributed by atoms with Gasteiger partial charge in [-0.3, -0.25) is 9.59 Å². The molecule has 1 atom stereocenters. The number of hydrogen-bond donors (Lipinski definition) is 0. The summed E-state index contributed by atoms with van der Waals surface area (Å²) < 4.78 is 5.44. The maximum Gasteiger partial charge on any atom is 0.251 e. The Morgan fingerprint density at radius 3 is 2.60 bits per heavy atom. The molecule has 2 heterocycles. The summed E-state index contributed by atoms with van der Waals surface area (Å²) in [5.41, 5.74) is 0. The van der Waals surface area contributed by atoms with Crippen LogP contribution < -0.4 is 0 Å². The number of nitrogens with zero attached hydrogens (tertiary/aromatic N) is 1. The summed E-state index contributed by atoms with van der Waals surface area (Å²) in [5.74, 6) is 0.353. The van der Waals surface area contributed by atoms with Gasteiger partial charge in [0, 0.05) is 32.5 Å². The normalized spacial score (nSPS) is 27.9. The molecular weight excluding hydrogens is 194 g/mol. The maximum absolute atomic E-state index is 11.9. The van der Waals surface area contributed by atoms with Crippen molar-refractivity contribution in [1.29, 1.82) is 0 Å². The van der Waals surface area contributed by atoms with Gasteiger partial charge in [0.15, 0.2) is 0 Å². The SMILES string of the molecule is O=C1CCN(C(=O)C2CCCCO2)CC1. The minimum Gasteiger partial charge on any atom is -0.368 e. The van der Waals surface area contributed by atoms with Gasteiger partial charge >= 0.3 is 0 Å². The zero-order valence-electron chi connectivity index (χ0n) is 8.91. The lowest BCUT2D eigenvalue weighted by atomic mass is 10.1. The van der Waals surface area contributed by atoms with Gasteiger partial charge in [0.1, 0.15) is 11.9 Å². The molecule has 15 heavy (non-hydrogen) atoms. The van der Waals surface area contributed by atoms with Crippen LogP contribution in [-0.4, -0.2) is 42.4 Å². The van der Waals surface area contributed by atoms with Crippen LogP contribution in [0.15, 0.2) is 0 Å². The third kappa shape index (κ3) is 2.56. The zero-order chi connectivity index (χ0) is 10.7. The van der Waals surface area contributed by atoms with Crippen molar-refractivity contribution in [1.82, 2.24) is 4.90 Å². The Kier molecular flexibility index (Phi) is 3.36. The Hall–Kier alpha value is -0.900.